The van der Waals surface area contributed by atoms with Gasteiger partial charge in [0.15, 0.2) is 0 Å². The molecule has 1 N–H and O–H groups in total. The molecule has 2 aromatic rings. The maximum absolute atomic E-state index is 12.8. The number of nitrogens with zero attached hydrogens (tertiary/aromatic N) is 1. The Morgan fingerprint density at radius 2 is 1.58 bits per heavy atom. The Kier molecular flexibility index (Phi) is 7.89. The Balaban J connectivity index is 1.50. The number of rotatable bonds is 8. The topological polar surface area (TPSA) is 66.5 Å². The van der Waals surface area contributed by atoms with Crippen molar-refractivity contribution in [3.63, 3.8) is 0 Å². The average Bonchev–Trinajstić information content (AvgIpc) is 2.74. The molecule has 1 saturated heterocycles. The van der Waals surface area contributed by atoms with Crippen LogP contribution in [0.15, 0.2) is 54.6 Å². The fourth-order valence-corrected chi connectivity index (χ4v) is 5.66. The number of hydrogen-bond acceptors (Lipinski definition) is 3. The predicted molar refractivity (Wildman–Crippen MR) is 125 cm³/mol. The molecule has 0 saturated carbocycles. The van der Waals surface area contributed by atoms with Gasteiger partial charge in [0, 0.05) is 19.0 Å². The smallest absolute Gasteiger partial charge is 0.223 e. The number of benzene rings is 2. The zero-order valence-corrected chi connectivity index (χ0v) is 19.6. The summed E-state index contributed by atoms with van der Waals surface area (Å²) in [5, 5.41) is 3.11. The van der Waals surface area contributed by atoms with Crippen molar-refractivity contribution in [2.45, 2.75) is 51.8 Å². The van der Waals surface area contributed by atoms with E-state index in [9.17, 15) is 13.2 Å². The highest BCUT2D eigenvalue weighted by atomic mass is 32.2. The molecule has 0 spiro atoms. The molecule has 1 fully saturated rings. The molecule has 1 atom stereocenters. The highest BCUT2D eigenvalue weighted by Gasteiger charge is 2.31. The quantitative estimate of drug-likeness (QED) is 0.663. The van der Waals surface area contributed by atoms with E-state index in [1.54, 1.807) is 0 Å². The SMILES string of the molecule is CC(C)Cc1ccc(C(C)NC(=O)C2CCN(S(=O)(=O)Cc3ccccc3)CC2)cc1. The second-order valence-electron chi connectivity index (χ2n) is 8.98. The van der Waals surface area contributed by atoms with Crippen molar-refractivity contribution in [1.29, 1.82) is 0 Å². The van der Waals surface area contributed by atoms with E-state index in [-0.39, 0.29) is 23.6 Å². The van der Waals surface area contributed by atoms with Gasteiger partial charge < -0.3 is 5.32 Å². The molecule has 0 aromatic heterocycles. The molecule has 31 heavy (non-hydrogen) atoms. The van der Waals surface area contributed by atoms with Gasteiger partial charge in [-0.2, -0.15) is 0 Å². The Bertz CT molecular complexity index is 948. The van der Waals surface area contributed by atoms with Gasteiger partial charge in [0.2, 0.25) is 15.9 Å². The van der Waals surface area contributed by atoms with Gasteiger partial charge in [0.1, 0.15) is 0 Å². The van der Waals surface area contributed by atoms with E-state index >= 15 is 0 Å². The number of hydrogen-bond donors (Lipinski definition) is 1. The summed E-state index contributed by atoms with van der Waals surface area (Å²) in [5.41, 5.74) is 3.18. The molecule has 0 aliphatic carbocycles. The first kappa shape index (κ1) is 23.5. The minimum absolute atomic E-state index is 0.00847. The van der Waals surface area contributed by atoms with Crippen molar-refractivity contribution in [1.82, 2.24) is 9.62 Å². The number of carbonyl (C=O) groups is 1. The van der Waals surface area contributed by atoms with Crippen molar-refractivity contribution in [3.8, 4) is 0 Å². The normalized spacial score (nSPS) is 16.9. The number of carbonyl (C=O) groups excluding carboxylic acids is 1. The molecule has 3 rings (SSSR count). The molecule has 2 aromatic carbocycles. The lowest BCUT2D eigenvalue weighted by Crippen LogP contribution is -2.43. The van der Waals surface area contributed by atoms with E-state index in [4.69, 9.17) is 0 Å². The Morgan fingerprint density at radius 3 is 2.16 bits per heavy atom. The molecule has 5 nitrogen and oxygen atoms in total. The van der Waals surface area contributed by atoms with E-state index in [1.807, 2.05) is 37.3 Å². The summed E-state index contributed by atoms with van der Waals surface area (Å²) < 4.78 is 27.0. The van der Waals surface area contributed by atoms with Gasteiger partial charge in [-0.1, -0.05) is 68.4 Å². The van der Waals surface area contributed by atoms with Crippen LogP contribution in [0.25, 0.3) is 0 Å². The minimum atomic E-state index is -3.36. The number of sulfonamides is 1. The van der Waals surface area contributed by atoms with Gasteiger partial charge in [-0.25, -0.2) is 12.7 Å². The molecule has 1 heterocycles. The molecule has 0 radical (unpaired) electrons. The van der Waals surface area contributed by atoms with Crippen molar-refractivity contribution < 1.29 is 13.2 Å². The van der Waals surface area contributed by atoms with Crippen LogP contribution in [0.4, 0.5) is 0 Å². The molecule has 1 aliphatic heterocycles. The lowest BCUT2D eigenvalue weighted by atomic mass is 9.96. The monoisotopic (exact) mass is 442 g/mol. The van der Waals surface area contributed by atoms with E-state index in [0.29, 0.717) is 31.8 Å². The van der Waals surface area contributed by atoms with Gasteiger partial charge in [-0.15, -0.1) is 0 Å². The highest BCUT2D eigenvalue weighted by Crippen LogP contribution is 2.23. The van der Waals surface area contributed by atoms with Gasteiger partial charge in [-0.3, -0.25) is 4.79 Å². The molecule has 1 aliphatic rings. The molecule has 1 amide bonds. The summed E-state index contributed by atoms with van der Waals surface area (Å²) in [6.45, 7) is 7.19. The van der Waals surface area contributed by atoms with Gasteiger partial charge in [0.25, 0.3) is 0 Å². The van der Waals surface area contributed by atoms with Crippen molar-refractivity contribution >= 4 is 15.9 Å². The summed E-state index contributed by atoms with van der Waals surface area (Å²) in [4.78, 5) is 12.8. The first-order valence-corrected chi connectivity index (χ1v) is 12.8. The molecule has 6 heteroatoms. The molecule has 1 unspecified atom stereocenters. The number of amides is 1. The first-order chi connectivity index (χ1) is 14.7. The number of nitrogens with one attached hydrogen (secondary N) is 1. The predicted octanol–water partition coefficient (Wildman–Crippen LogP) is 4.30. The van der Waals surface area contributed by atoms with Crippen LogP contribution in [-0.4, -0.2) is 31.7 Å². The third-order valence-electron chi connectivity index (χ3n) is 5.89. The fourth-order valence-electron chi connectivity index (χ4n) is 4.10. The molecule has 0 bridgehead atoms. The lowest BCUT2D eigenvalue weighted by Gasteiger charge is -2.31. The Labute approximate surface area is 186 Å². The van der Waals surface area contributed by atoms with Crippen molar-refractivity contribution in [3.05, 3.63) is 71.3 Å². The van der Waals surface area contributed by atoms with Crippen LogP contribution in [0, 0.1) is 11.8 Å². The van der Waals surface area contributed by atoms with E-state index in [0.717, 1.165) is 17.5 Å². The third-order valence-corrected chi connectivity index (χ3v) is 7.74. The standard InChI is InChI=1S/C25H34N2O3S/c1-19(2)17-21-9-11-23(12-10-21)20(3)26-25(28)24-13-15-27(16-14-24)31(29,30)18-22-7-5-4-6-8-22/h4-12,19-20,24H,13-18H2,1-3H3,(H,26,28). The average molecular weight is 443 g/mol. The Morgan fingerprint density at radius 1 is 0.968 bits per heavy atom. The van der Waals surface area contributed by atoms with E-state index in [1.165, 1.54) is 9.87 Å². The maximum atomic E-state index is 12.8. The second kappa shape index (κ2) is 10.4. The van der Waals surface area contributed by atoms with Crippen molar-refractivity contribution in [2.75, 3.05) is 13.1 Å². The van der Waals surface area contributed by atoms with Crippen LogP contribution in [0.2, 0.25) is 0 Å². The summed E-state index contributed by atoms with van der Waals surface area (Å²) in [6, 6.07) is 17.6. The zero-order valence-electron chi connectivity index (χ0n) is 18.8. The van der Waals surface area contributed by atoms with Gasteiger partial charge in [-0.05, 0) is 48.8 Å². The van der Waals surface area contributed by atoms with E-state index in [2.05, 4.69) is 43.4 Å². The van der Waals surface area contributed by atoms with Crippen LogP contribution in [0.3, 0.4) is 0 Å². The molecular formula is C25H34N2O3S. The molecule has 168 valence electrons. The van der Waals surface area contributed by atoms with Crippen molar-refractivity contribution in [2.24, 2.45) is 11.8 Å². The second-order valence-corrected chi connectivity index (χ2v) is 11.0. The summed E-state index contributed by atoms with van der Waals surface area (Å²) in [5.74, 6) is 0.490. The van der Waals surface area contributed by atoms with Crippen LogP contribution in [0.1, 0.15) is 56.3 Å². The highest BCUT2D eigenvalue weighted by molar-refractivity contribution is 7.88. The summed E-state index contributed by atoms with van der Waals surface area (Å²) >= 11 is 0. The third kappa shape index (κ3) is 6.65. The van der Waals surface area contributed by atoms with Crippen LogP contribution >= 0.6 is 0 Å². The van der Waals surface area contributed by atoms with E-state index < -0.39 is 10.0 Å². The van der Waals surface area contributed by atoms with Gasteiger partial charge >= 0.3 is 0 Å². The lowest BCUT2D eigenvalue weighted by molar-refractivity contribution is -0.126. The summed E-state index contributed by atoms with van der Waals surface area (Å²) in [6.07, 6.45) is 2.16. The number of piperidine rings is 1. The first-order valence-electron chi connectivity index (χ1n) is 11.2. The van der Waals surface area contributed by atoms with Crippen LogP contribution in [0.5, 0.6) is 0 Å². The maximum Gasteiger partial charge on any atom is 0.223 e. The molecular weight excluding hydrogens is 408 g/mol. The fraction of sp³-hybridized carbons (Fsp3) is 0.480. The van der Waals surface area contributed by atoms with Crippen LogP contribution in [-0.2, 0) is 27.0 Å². The van der Waals surface area contributed by atoms with Gasteiger partial charge in [0.05, 0.1) is 11.8 Å². The Hall–Kier alpha value is -2.18. The minimum Gasteiger partial charge on any atom is -0.349 e. The summed E-state index contributed by atoms with van der Waals surface area (Å²) in [7, 11) is -3.36. The van der Waals surface area contributed by atoms with Crippen LogP contribution < -0.4 is 5.32 Å². The zero-order chi connectivity index (χ0) is 22.4. The largest absolute Gasteiger partial charge is 0.349 e.